The van der Waals surface area contributed by atoms with Gasteiger partial charge in [0, 0.05) is 17.3 Å². The SMILES string of the molecule is C=C1CC2COC(=O)C2(Cc2ccc(C(=O)NCCCC)s2)C1. The Morgan fingerprint density at radius 1 is 1.52 bits per heavy atom. The molecule has 2 aliphatic rings. The summed E-state index contributed by atoms with van der Waals surface area (Å²) in [5, 5.41) is 2.93. The van der Waals surface area contributed by atoms with E-state index in [9.17, 15) is 9.59 Å². The predicted octanol–water partition coefficient (Wildman–Crippen LogP) is 3.33. The van der Waals surface area contributed by atoms with Gasteiger partial charge in [-0.3, -0.25) is 9.59 Å². The number of nitrogens with one attached hydrogen (secondary N) is 1. The highest BCUT2D eigenvalue weighted by atomic mass is 32.1. The third-order valence-corrected chi connectivity index (χ3v) is 5.98. The number of cyclic esters (lactones) is 1. The van der Waals surface area contributed by atoms with Crippen LogP contribution in [-0.4, -0.2) is 25.0 Å². The van der Waals surface area contributed by atoms with Gasteiger partial charge in [0.1, 0.15) is 0 Å². The van der Waals surface area contributed by atoms with Crippen molar-refractivity contribution in [1.29, 1.82) is 0 Å². The number of unbranched alkanes of at least 4 members (excludes halogenated alkanes) is 1. The minimum atomic E-state index is -0.447. The number of thiophene rings is 1. The van der Waals surface area contributed by atoms with Gasteiger partial charge in [-0.05, 0) is 37.8 Å². The Labute approximate surface area is 140 Å². The summed E-state index contributed by atoms with van der Waals surface area (Å²) in [6, 6.07) is 3.83. The van der Waals surface area contributed by atoms with Crippen molar-refractivity contribution in [3.63, 3.8) is 0 Å². The number of allylic oxidation sites excluding steroid dienone is 1. The summed E-state index contributed by atoms with van der Waals surface area (Å²) < 4.78 is 5.31. The molecule has 0 radical (unpaired) electrons. The van der Waals surface area contributed by atoms with Gasteiger partial charge in [0.05, 0.1) is 16.9 Å². The number of ether oxygens (including phenoxy) is 1. The molecule has 1 amide bonds. The van der Waals surface area contributed by atoms with E-state index in [1.54, 1.807) is 0 Å². The first-order chi connectivity index (χ1) is 11.0. The quantitative estimate of drug-likeness (QED) is 0.493. The number of amides is 1. The standard InChI is InChI=1S/C18H23NO3S/c1-3-4-7-19-16(20)15-6-5-14(23-15)10-18-9-12(2)8-13(18)11-22-17(18)21/h5-6,13H,2-4,7-11H2,1H3,(H,19,20). The van der Waals surface area contributed by atoms with Crippen molar-refractivity contribution >= 4 is 23.2 Å². The van der Waals surface area contributed by atoms with Crippen molar-refractivity contribution in [1.82, 2.24) is 5.32 Å². The van der Waals surface area contributed by atoms with Crippen LogP contribution in [0.2, 0.25) is 0 Å². The molecule has 1 aliphatic heterocycles. The van der Waals surface area contributed by atoms with Crippen LogP contribution in [0.1, 0.15) is 47.2 Å². The fraction of sp³-hybridized carbons (Fsp3) is 0.556. The first-order valence-corrected chi connectivity index (χ1v) is 9.07. The summed E-state index contributed by atoms with van der Waals surface area (Å²) in [6.07, 6.45) is 4.30. The van der Waals surface area contributed by atoms with Crippen LogP contribution in [0.4, 0.5) is 0 Å². The van der Waals surface area contributed by atoms with Crippen LogP contribution < -0.4 is 5.32 Å². The topological polar surface area (TPSA) is 55.4 Å². The molecule has 1 saturated carbocycles. The van der Waals surface area contributed by atoms with Crippen molar-refractivity contribution in [3.05, 3.63) is 34.0 Å². The first-order valence-electron chi connectivity index (χ1n) is 8.26. The van der Waals surface area contributed by atoms with Gasteiger partial charge in [-0.25, -0.2) is 0 Å². The lowest BCUT2D eigenvalue weighted by molar-refractivity contribution is -0.146. The molecule has 2 atom stereocenters. The van der Waals surface area contributed by atoms with Crippen LogP contribution in [0.3, 0.4) is 0 Å². The molecule has 2 heterocycles. The van der Waals surface area contributed by atoms with Crippen LogP contribution in [0.5, 0.6) is 0 Å². The van der Waals surface area contributed by atoms with E-state index in [-0.39, 0.29) is 17.8 Å². The van der Waals surface area contributed by atoms with Crippen molar-refractivity contribution < 1.29 is 14.3 Å². The van der Waals surface area contributed by atoms with Crippen LogP contribution in [-0.2, 0) is 16.0 Å². The van der Waals surface area contributed by atoms with Gasteiger partial charge in [0.2, 0.25) is 0 Å². The van der Waals surface area contributed by atoms with E-state index in [0.717, 1.165) is 29.7 Å². The zero-order valence-corrected chi connectivity index (χ0v) is 14.3. The molecular formula is C18H23NO3S. The van der Waals surface area contributed by atoms with E-state index in [4.69, 9.17) is 4.74 Å². The maximum atomic E-state index is 12.3. The third kappa shape index (κ3) is 3.07. The normalized spacial score (nSPS) is 26.2. The molecule has 1 saturated heterocycles. The number of carbonyl (C=O) groups excluding carboxylic acids is 2. The molecule has 1 aromatic rings. The molecule has 2 unspecified atom stereocenters. The van der Waals surface area contributed by atoms with Gasteiger partial charge in [-0.2, -0.15) is 0 Å². The van der Waals surface area contributed by atoms with Crippen molar-refractivity contribution in [3.8, 4) is 0 Å². The number of hydrogen-bond donors (Lipinski definition) is 1. The maximum absolute atomic E-state index is 12.3. The summed E-state index contributed by atoms with van der Waals surface area (Å²) in [6.45, 7) is 7.38. The van der Waals surface area contributed by atoms with Gasteiger partial charge in [-0.1, -0.05) is 25.5 Å². The number of esters is 1. The molecule has 3 rings (SSSR count). The minimum absolute atomic E-state index is 0.0198. The average molecular weight is 333 g/mol. The third-order valence-electron chi connectivity index (χ3n) is 4.90. The second-order valence-corrected chi connectivity index (χ2v) is 7.80. The van der Waals surface area contributed by atoms with Gasteiger partial charge in [0.15, 0.2) is 0 Å². The fourth-order valence-electron chi connectivity index (χ4n) is 3.63. The maximum Gasteiger partial charge on any atom is 0.313 e. The molecule has 124 valence electrons. The van der Waals surface area contributed by atoms with Crippen LogP contribution >= 0.6 is 11.3 Å². The fourth-order valence-corrected chi connectivity index (χ4v) is 4.68. The number of carbonyl (C=O) groups is 2. The molecule has 1 N–H and O–H groups in total. The van der Waals surface area contributed by atoms with Crippen molar-refractivity contribution in [2.45, 2.75) is 39.0 Å². The molecule has 0 spiro atoms. The highest BCUT2D eigenvalue weighted by molar-refractivity contribution is 7.14. The number of rotatable bonds is 6. The Balaban J connectivity index is 1.70. The molecule has 1 aliphatic carbocycles. The molecule has 23 heavy (non-hydrogen) atoms. The Hall–Kier alpha value is -1.62. The first kappa shape index (κ1) is 16.2. The van der Waals surface area contributed by atoms with E-state index in [1.807, 2.05) is 12.1 Å². The zero-order chi connectivity index (χ0) is 16.4. The Morgan fingerprint density at radius 2 is 2.35 bits per heavy atom. The summed E-state index contributed by atoms with van der Waals surface area (Å²) in [7, 11) is 0. The predicted molar refractivity (Wildman–Crippen MR) is 90.5 cm³/mol. The second-order valence-electron chi connectivity index (χ2n) is 6.63. The van der Waals surface area contributed by atoms with Gasteiger partial charge in [0.25, 0.3) is 5.91 Å². The van der Waals surface area contributed by atoms with Crippen LogP contribution in [0.25, 0.3) is 0 Å². The van der Waals surface area contributed by atoms with E-state index in [1.165, 1.54) is 11.3 Å². The van der Waals surface area contributed by atoms with Gasteiger partial charge in [-0.15, -0.1) is 11.3 Å². The summed E-state index contributed by atoms with van der Waals surface area (Å²) in [5.41, 5.74) is 0.693. The zero-order valence-electron chi connectivity index (χ0n) is 13.5. The summed E-state index contributed by atoms with van der Waals surface area (Å²) in [4.78, 5) is 26.2. The van der Waals surface area contributed by atoms with E-state index >= 15 is 0 Å². The lowest BCUT2D eigenvalue weighted by Gasteiger charge is -2.22. The second kappa shape index (κ2) is 6.48. The highest BCUT2D eigenvalue weighted by Gasteiger charge is 2.56. The van der Waals surface area contributed by atoms with Gasteiger partial charge < -0.3 is 10.1 Å². The molecule has 1 aromatic heterocycles. The lowest BCUT2D eigenvalue weighted by atomic mass is 9.77. The molecule has 2 fully saturated rings. The summed E-state index contributed by atoms with van der Waals surface area (Å²) in [5.74, 6) is 0.128. The van der Waals surface area contributed by atoms with Crippen molar-refractivity contribution in [2.75, 3.05) is 13.2 Å². The van der Waals surface area contributed by atoms with Crippen molar-refractivity contribution in [2.24, 2.45) is 11.3 Å². The Bertz CT molecular complexity index is 636. The van der Waals surface area contributed by atoms with Crippen LogP contribution in [0, 0.1) is 11.3 Å². The van der Waals surface area contributed by atoms with Gasteiger partial charge >= 0.3 is 5.97 Å². The van der Waals surface area contributed by atoms with E-state index < -0.39 is 5.41 Å². The number of fused-ring (bicyclic) bond motifs is 1. The highest BCUT2D eigenvalue weighted by Crippen LogP contribution is 2.52. The Kier molecular flexibility index (Phi) is 4.57. The lowest BCUT2D eigenvalue weighted by Crippen LogP contribution is -2.31. The largest absolute Gasteiger partial charge is 0.465 e. The van der Waals surface area contributed by atoms with E-state index in [2.05, 4.69) is 18.8 Å². The Morgan fingerprint density at radius 3 is 3.13 bits per heavy atom. The van der Waals surface area contributed by atoms with Crippen LogP contribution in [0.15, 0.2) is 24.3 Å². The smallest absolute Gasteiger partial charge is 0.313 e. The average Bonchev–Trinajstić information content (AvgIpc) is 3.17. The molecule has 0 aromatic carbocycles. The molecule has 0 bridgehead atoms. The monoisotopic (exact) mass is 333 g/mol. The minimum Gasteiger partial charge on any atom is -0.465 e. The molecular weight excluding hydrogens is 310 g/mol. The van der Waals surface area contributed by atoms with E-state index in [0.29, 0.717) is 30.9 Å². The number of hydrogen-bond acceptors (Lipinski definition) is 4. The summed E-state index contributed by atoms with van der Waals surface area (Å²) >= 11 is 1.48. The molecule has 4 nitrogen and oxygen atoms in total. The molecule has 5 heteroatoms.